The van der Waals surface area contributed by atoms with E-state index in [0.29, 0.717) is 0 Å². The van der Waals surface area contributed by atoms with Gasteiger partial charge in [0, 0.05) is 25.3 Å². The van der Waals surface area contributed by atoms with Gasteiger partial charge in [-0.2, -0.15) is 0 Å². The topological polar surface area (TPSA) is 15.3 Å². The number of benzene rings is 1. The van der Waals surface area contributed by atoms with Gasteiger partial charge in [-0.1, -0.05) is 31.5 Å². The molecular formula is C16H26N2. The number of hydrogen-bond donors (Lipinski definition) is 1. The molecule has 100 valence electrons. The van der Waals surface area contributed by atoms with E-state index in [4.69, 9.17) is 0 Å². The minimum absolute atomic E-state index is 0.803. The van der Waals surface area contributed by atoms with Crippen molar-refractivity contribution in [2.75, 3.05) is 25.0 Å². The monoisotopic (exact) mass is 246 g/mol. The Morgan fingerprint density at radius 3 is 2.50 bits per heavy atom. The van der Waals surface area contributed by atoms with E-state index in [1.165, 1.54) is 36.3 Å². The van der Waals surface area contributed by atoms with Crippen LogP contribution >= 0.6 is 0 Å². The molecule has 0 aromatic heterocycles. The lowest BCUT2D eigenvalue weighted by Crippen LogP contribution is -2.39. The van der Waals surface area contributed by atoms with Crippen molar-refractivity contribution < 1.29 is 0 Å². The molecule has 1 N–H and O–H groups in total. The van der Waals surface area contributed by atoms with Gasteiger partial charge in [-0.05, 0) is 43.9 Å². The molecule has 1 aliphatic rings. The van der Waals surface area contributed by atoms with Gasteiger partial charge in [-0.25, -0.2) is 0 Å². The summed E-state index contributed by atoms with van der Waals surface area (Å²) in [6.07, 6.45) is 1.36. The highest BCUT2D eigenvalue weighted by molar-refractivity contribution is 5.55. The van der Waals surface area contributed by atoms with E-state index in [0.717, 1.165) is 18.4 Å². The highest BCUT2D eigenvalue weighted by Crippen LogP contribution is 2.29. The Kier molecular flexibility index (Phi) is 4.28. The van der Waals surface area contributed by atoms with Crippen LogP contribution in [0.15, 0.2) is 18.2 Å². The van der Waals surface area contributed by atoms with Crippen molar-refractivity contribution in [2.24, 2.45) is 11.8 Å². The summed E-state index contributed by atoms with van der Waals surface area (Å²) in [7, 11) is 2.02. The molecule has 1 saturated heterocycles. The number of nitrogens with zero attached hydrogens (tertiary/aromatic N) is 1. The molecule has 1 aliphatic heterocycles. The summed E-state index contributed by atoms with van der Waals surface area (Å²) in [6, 6.07) is 6.85. The summed E-state index contributed by atoms with van der Waals surface area (Å²) in [5, 5.41) is 3.29. The van der Waals surface area contributed by atoms with Gasteiger partial charge in [0.25, 0.3) is 0 Å². The second-order valence-corrected chi connectivity index (χ2v) is 6.01. The molecule has 1 aromatic rings. The molecule has 0 spiro atoms. The quantitative estimate of drug-likeness (QED) is 0.881. The zero-order valence-electron chi connectivity index (χ0n) is 12.2. The van der Waals surface area contributed by atoms with Crippen molar-refractivity contribution in [3.63, 3.8) is 0 Å². The molecule has 0 saturated carbocycles. The van der Waals surface area contributed by atoms with Crippen molar-refractivity contribution in [3.8, 4) is 0 Å². The zero-order chi connectivity index (χ0) is 13.1. The first-order valence-corrected chi connectivity index (χ1v) is 7.09. The molecule has 18 heavy (non-hydrogen) atoms. The maximum absolute atomic E-state index is 3.29. The van der Waals surface area contributed by atoms with E-state index in [2.05, 4.69) is 49.2 Å². The van der Waals surface area contributed by atoms with E-state index >= 15 is 0 Å². The van der Waals surface area contributed by atoms with Crippen LogP contribution < -0.4 is 10.2 Å². The maximum Gasteiger partial charge on any atom is 0.0412 e. The standard InChI is InChI=1S/C16H26N2/c1-12-5-6-16(15(8-12)9-17-4)18-10-13(2)7-14(3)11-18/h5-6,8,13-14,17H,7,9-11H2,1-4H3. The Morgan fingerprint density at radius 2 is 1.89 bits per heavy atom. The number of rotatable bonds is 3. The molecule has 1 heterocycles. The summed E-state index contributed by atoms with van der Waals surface area (Å²) in [4.78, 5) is 2.57. The highest BCUT2D eigenvalue weighted by Gasteiger charge is 2.23. The lowest BCUT2D eigenvalue weighted by molar-refractivity contribution is 0.356. The number of anilines is 1. The average Bonchev–Trinajstić information content (AvgIpc) is 2.28. The van der Waals surface area contributed by atoms with Crippen LogP contribution in [0.25, 0.3) is 0 Å². The Bertz CT molecular complexity index is 390. The molecule has 0 radical (unpaired) electrons. The van der Waals surface area contributed by atoms with Crippen LogP contribution in [0.1, 0.15) is 31.4 Å². The van der Waals surface area contributed by atoms with Crippen LogP contribution in [0.2, 0.25) is 0 Å². The first kappa shape index (κ1) is 13.4. The van der Waals surface area contributed by atoms with Crippen molar-refractivity contribution in [1.82, 2.24) is 5.32 Å². The highest BCUT2D eigenvalue weighted by atomic mass is 15.1. The van der Waals surface area contributed by atoms with Crippen molar-refractivity contribution in [3.05, 3.63) is 29.3 Å². The molecule has 2 heteroatoms. The third-order valence-corrected chi connectivity index (χ3v) is 3.81. The lowest BCUT2D eigenvalue weighted by atomic mass is 9.91. The van der Waals surface area contributed by atoms with Crippen LogP contribution in [-0.4, -0.2) is 20.1 Å². The first-order chi connectivity index (χ1) is 8.60. The summed E-state index contributed by atoms with van der Waals surface area (Å²) in [5.74, 6) is 1.61. The van der Waals surface area contributed by atoms with E-state index < -0.39 is 0 Å². The SMILES string of the molecule is CNCc1cc(C)ccc1N1CC(C)CC(C)C1. The van der Waals surface area contributed by atoms with Crippen LogP contribution in [0.5, 0.6) is 0 Å². The van der Waals surface area contributed by atoms with Crippen LogP contribution in [0.4, 0.5) is 5.69 Å². The molecule has 1 aromatic carbocycles. The van der Waals surface area contributed by atoms with Crippen molar-refractivity contribution in [2.45, 2.75) is 33.7 Å². The van der Waals surface area contributed by atoms with Gasteiger partial charge in [-0.15, -0.1) is 0 Å². The van der Waals surface area contributed by atoms with Crippen molar-refractivity contribution in [1.29, 1.82) is 0 Å². The van der Waals surface area contributed by atoms with E-state index in [1.807, 2.05) is 7.05 Å². The number of hydrogen-bond acceptors (Lipinski definition) is 2. The van der Waals surface area contributed by atoms with Gasteiger partial charge in [0.05, 0.1) is 0 Å². The fourth-order valence-corrected chi connectivity index (χ4v) is 3.21. The molecule has 0 aliphatic carbocycles. The Balaban J connectivity index is 2.25. The average molecular weight is 246 g/mol. The summed E-state index contributed by atoms with van der Waals surface area (Å²) >= 11 is 0. The van der Waals surface area contributed by atoms with E-state index in [1.54, 1.807) is 0 Å². The predicted octanol–water partition coefficient (Wildman–Crippen LogP) is 3.20. The first-order valence-electron chi connectivity index (χ1n) is 7.09. The molecular weight excluding hydrogens is 220 g/mol. The number of nitrogens with one attached hydrogen (secondary N) is 1. The fraction of sp³-hybridized carbons (Fsp3) is 0.625. The molecule has 2 unspecified atom stereocenters. The Labute approximate surface area is 111 Å². The van der Waals surface area contributed by atoms with E-state index in [9.17, 15) is 0 Å². The summed E-state index contributed by atoms with van der Waals surface area (Å²) < 4.78 is 0. The molecule has 2 rings (SSSR count). The van der Waals surface area contributed by atoms with Crippen LogP contribution in [-0.2, 0) is 6.54 Å². The molecule has 0 bridgehead atoms. The smallest absolute Gasteiger partial charge is 0.0412 e. The number of piperidine rings is 1. The van der Waals surface area contributed by atoms with Gasteiger partial charge in [-0.3, -0.25) is 0 Å². The van der Waals surface area contributed by atoms with Gasteiger partial charge in [0.15, 0.2) is 0 Å². The van der Waals surface area contributed by atoms with Crippen molar-refractivity contribution >= 4 is 5.69 Å². The van der Waals surface area contributed by atoms with Gasteiger partial charge >= 0.3 is 0 Å². The summed E-state index contributed by atoms with van der Waals surface area (Å²) in [5.41, 5.74) is 4.20. The van der Waals surface area contributed by atoms with Gasteiger partial charge in [0.2, 0.25) is 0 Å². The second kappa shape index (κ2) is 5.75. The maximum atomic E-state index is 3.29. The van der Waals surface area contributed by atoms with Crippen LogP contribution in [0, 0.1) is 18.8 Å². The summed E-state index contributed by atoms with van der Waals surface area (Å²) in [6.45, 7) is 10.3. The van der Waals surface area contributed by atoms with E-state index in [-0.39, 0.29) is 0 Å². The second-order valence-electron chi connectivity index (χ2n) is 6.01. The fourth-order valence-electron chi connectivity index (χ4n) is 3.21. The molecule has 2 atom stereocenters. The molecule has 0 amide bonds. The Hall–Kier alpha value is -1.02. The van der Waals surface area contributed by atoms with Gasteiger partial charge in [0.1, 0.15) is 0 Å². The molecule has 2 nitrogen and oxygen atoms in total. The third-order valence-electron chi connectivity index (χ3n) is 3.81. The molecule has 1 fully saturated rings. The normalized spacial score (nSPS) is 24.3. The Morgan fingerprint density at radius 1 is 1.22 bits per heavy atom. The lowest BCUT2D eigenvalue weighted by Gasteiger charge is -2.37. The van der Waals surface area contributed by atoms with Crippen LogP contribution in [0.3, 0.4) is 0 Å². The minimum atomic E-state index is 0.803. The van der Waals surface area contributed by atoms with Gasteiger partial charge < -0.3 is 10.2 Å². The minimum Gasteiger partial charge on any atom is -0.371 e. The zero-order valence-corrected chi connectivity index (χ0v) is 12.2. The largest absolute Gasteiger partial charge is 0.371 e. The number of aryl methyl sites for hydroxylation is 1. The third kappa shape index (κ3) is 3.05. The predicted molar refractivity (Wildman–Crippen MR) is 79.1 cm³/mol.